The van der Waals surface area contributed by atoms with Crippen molar-refractivity contribution in [2.45, 2.75) is 43.9 Å². The summed E-state index contributed by atoms with van der Waals surface area (Å²) in [7, 11) is 0. The maximum atomic E-state index is 10.2. The van der Waals surface area contributed by atoms with E-state index in [9.17, 15) is 4.79 Å². The Hall–Kier alpha value is 0.240. The fourth-order valence-electron chi connectivity index (χ4n) is 1.03. The van der Waals surface area contributed by atoms with Gasteiger partial charge in [-0.05, 0) is 6.42 Å². The zero-order chi connectivity index (χ0) is 10.1. The number of hydrogen-bond acceptors (Lipinski definition) is 2. The smallest absolute Gasteiger partial charge is 0.403 e. The Kier molecular flexibility index (Phi) is 8.98. The number of rotatable bonds is 7. The van der Waals surface area contributed by atoms with E-state index < -0.39 is 5.43 Å². The molecule has 0 aromatic rings. The van der Waals surface area contributed by atoms with Gasteiger partial charge in [-0.3, -0.25) is 0 Å². The fraction of sp³-hybridized carbons (Fsp3) is 0.889. The van der Waals surface area contributed by atoms with Crippen LogP contribution < -0.4 is 0 Å². The Bertz CT molecular complexity index is 142. The quantitative estimate of drug-likeness (QED) is 0.396. The predicted molar refractivity (Wildman–Crippen MR) is 58.7 cm³/mol. The van der Waals surface area contributed by atoms with E-state index in [1.54, 1.807) is 0 Å². The third-order valence-electron chi connectivity index (χ3n) is 1.75. The highest BCUT2D eigenvalue weighted by Crippen LogP contribution is 2.12. The number of halogens is 2. The van der Waals surface area contributed by atoms with Gasteiger partial charge in [0.05, 0.1) is 0 Å². The topological polar surface area (TPSA) is 26.3 Å². The number of carbonyl (C=O) groups is 1. The van der Waals surface area contributed by atoms with Gasteiger partial charge in [-0.25, -0.2) is 4.79 Å². The maximum absolute atomic E-state index is 10.2. The lowest BCUT2D eigenvalue weighted by Crippen LogP contribution is -2.09. The molecule has 0 saturated heterocycles. The van der Waals surface area contributed by atoms with Gasteiger partial charge in [-0.2, -0.15) is 0 Å². The minimum absolute atomic E-state index is 0.243. The summed E-state index contributed by atoms with van der Waals surface area (Å²) in [4.78, 5) is 10.5. The molecule has 0 saturated carbocycles. The molecular weight excluding hydrogens is 255 g/mol. The Morgan fingerprint density at radius 2 is 2.15 bits per heavy atom. The molecule has 0 fully saturated rings. The van der Waals surface area contributed by atoms with Gasteiger partial charge in [-0.1, -0.05) is 48.5 Å². The lowest BCUT2D eigenvalue weighted by molar-refractivity contribution is 0.173. The van der Waals surface area contributed by atoms with Crippen molar-refractivity contribution in [2.24, 2.45) is 0 Å². The van der Waals surface area contributed by atoms with Crippen LogP contribution in [0.4, 0.5) is 4.79 Å². The van der Waals surface area contributed by atoms with Gasteiger partial charge in [-0.15, -0.1) is 0 Å². The third-order valence-corrected chi connectivity index (χ3v) is 2.58. The molecule has 0 heterocycles. The van der Waals surface area contributed by atoms with Crippen LogP contribution in [-0.2, 0) is 4.74 Å². The van der Waals surface area contributed by atoms with Crippen molar-refractivity contribution in [1.82, 2.24) is 0 Å². The van der Waals surface area contributed by atoms with E-state index in [4.69, 9.17) is 11.6 Å². The van der Waals surface area contributed by atoms with E-state index in [2.05, 4.69) is 27.6 Å². The van der Waals surface area contributed by atoms with Crippen LogP contribution in [0.3, 0.4) is 0 Å². The number of hydrogen-bond donors (Lipinski definition) is 0. The molecular formula is C9H16BrClO2. The molecule has 1 unspecified atom stereocenters. The molecule has 0 N–H and O–H groups in total. The Morgan fingerprint density at radius 1 is 1.46 bits per heavy atom. The van der Waals surface area contributed by atoms with Gasteiger partial charge in [0.2, 0.25) is 0 Å². The van der Waals surface area contributed by atoms with E-state index >= 15 is 0 Å². The van der Waals surface area contributed by atoms with Crippen LogP contribution in [0, 0.1) is 0 Å². The summed E-state index contributed by atoms with van der Waals surface area (Å²) >= 11 is 8.45. The molecule has 13 heavy (non-hydrogen) atoms. The van der Waals surface area contributed by atoms with Gasteiger partial charge in [0.1, 0.15) is 6.61 Å². The summed E-state index contributed by atoms with van der Waals surface area (Å²) in [6.45, 7) is 2.55. The molecule has 1 atom stereocenters. The summed E-state index contributed by atoms with van der Waals surface area (Å²) in [6.07, 6.45) is 5.96. The Balaban J connectivity index is 3.19. The number of carbonyl (C=O) groups excluding carboxylic acids is 1. The lowest BCUT2D eigenvalue weighted by Gasteiger charge is -2.08. The second-order valence-electron chi connectivity index (χ2n) is 3.00. The van der Waals surface area contributed by atoms with Crippen LogP contribution >= 0.6 is 27.5 Å². The van der Waals surface area contributed by atoms with Gasteiger partial charge >= 0.3 is 5.43 Å². The van der Waals surface area contributed by atoms with E-state index in [1.807, 2.05) is 0 Å². The molecule has 0 rings (SSSR count). The molecule has 0 bridgehead atoms. The van der Waals surface area contributed by atoms with Crippen LogP contribution in [0.25, 0.3) is 0 Å². The fourth-order valence-corrected chi connectivity index (χ4v) is 1.55. The summed E-state index contributed by atoms with van der Waals surface area (Å²) in [5, 5.41) is 0. The standard InChI is InChI=1S/C9H16BrClO2/c1-2-3-4-5-6-8(10)7-13-9(11)12/h8H,2-7H2,1H3. The SMILES string of the molecule is CCCCCCC(Br)COC(=O)Cl. The molecule has 2 nitrogen and oxygen atoms in total. The average molecular weight is 272 g/mol. The average Bonchev–Trinajstić information content (AvgIpc) is 2.09. The molecule has 0 spiro atoms. The normalized spacial score (nSPS) is 12.5. The molecule has 0 aliphatic heterocycles. The second-order valence-corrected chi connectivity index (χ2v) is 4.60. The van der Waals surface area contributed by atoms with Gasteiger partial charge < -0.3 is 4.74 Å². The monoisotopic (exact) mass is 270 g/mol. The van der Waals surface area contributed by atoms with Crippen molar-refractivity contribution in [3.8, 4) is 0 Å². The first-order chi connectivity index (χ1) is 6.16. The zero-order valence-electron chi connectivity index (χ0n) is 7.89. The minimum Gasteiger partial charge on any atom is -0.452 e. The van der Waals surface area contributed by atoms with Crippen molar-refractivity contribution < 1.29 is 9.53 Å². The molecule has 0 aliphatic carbocycles. The largest absolute Gasteiger partial charge is 0.452 e. The molecule has 0 aliphatic rings. The summed E-state index contributed by atoms with van der Waals surface area (Å²) in [5.41, 5.74) is -0.724. The van der Waals surface area contributed by atoms with Gasteiger partial charge in [0.15, 0.2) is 0 Å². The first-order valence-corrected chi connectivity index (χ1v) is 5.92. The van der Waals surface area contributed by atoms with Crippen LogP contribution in [0.15, 0.2) is 0 Å². The van der Waals surface area contributed by atoms with Crippen molar-refractivity contribution in [3.63, 3.8) is 0 Å². The first-order valence-electron chi connectivity index (χ1n) is 4.63. The first kappa shape index (κ1) is 13.2. The van der Waals surface area contributed by atoms with Gasteiger partial charge in [0.25, 0.3) is 0 Å². The number of ether oxygens (including phenoxy) is 1. The van der Waals surface area contributed by atoms with E-state index in [0.29, 0.717) is 6.61 Å². The summed E-state index contributed by atoms with van der Waals surface area (Å²) in [6, 6.07) is 0. The van der Waals surface area contributed by atoms with Crippen molar-refractivity contribution in [1.29, 1.82) is 0 Å². The molecule has 0 amide bonds. The molecule has 0 aromatic carbocycles. The van der Waals surface area contributed by atoms with Crippen LogP contribution in [-0.4, -0.2) is 16.9 Å². The highest BCUT2D eigenvalue weighted by molar-refractivity contribution is 9.09. The van der Waals surface area contributed by atoms with Crippen molar-refractivity contribution in [3.05, 3.63) is 0 Å². The van der Waals surface area contributed by atoms with Crippen LogP contribution in [0.5, 0.6) is 0 Å². The van der Waals surface area contributed by atoms with Crippen LogP contribution in [0.1, 0.15) is 39.0 Å². The Labute approximate surface area is 93.1 Å². The summed E-state index contributed by atoms with van der Waals surface area (Å²) < 4.78 is 4.64. The van der Waals surface area contributed by atoms with Crippen molar-refractivity contribution >= 4 is 33.0 Å². The minimum atomic E-state index is -0.724. The predicted octanol–water partition coefficient (Wildman–Crippen LogP) is 4.10. The second kappa shape index (κ2) is 8.82. The van der Waals surface area contributed by atoms with E-state index in [1.165, 1.54) is 25.7 Å². The molecule has 0 aromatic heterocycles. The van der Waals surface area contributed by atoms with Gasteiger partial charge in [0, 0.05) is 16.4 Å². The van der Waals surface area contributed by atoms with Crippen LogP contribution in [0.2, 0.25) is 0 Å². The lowest BCUT2D eigenvalue weighted by atomic mass is 10.1. The number of alkyl halides is 1. The van der Waals surface area contributed by atoms with E-state index in [-0.39, 0.29) is 4.83 Å². The maximum Gasteiger partial charge on any atom is 0.403 e. The van der Waals surface area contributed by atoms with Crippen molar-refractivity contribution in [2.75, 3.05) is 6.61 Å². The van der Waals surface area contributed by atoms with E-state index in [0.717, 1.165) is 6.42 Å². The highest BCUT2D eigenvalue weighted by atomic mass is 79.9. The number of unbranched alkanes of at least 4 members (excludes halogenated alkanes) is 3. The molecule has 4 heteroatoms. The zero-order valence-corrected chi connectivity index (χ0v) is 10.2. The highest BCUT2D eigenvalue weighted by Gasteiger charge is 2.06. The Morgan fingerprint density at radius 3 is 2.69 bits per heavy atom. The third kappa shape index (κ3) is 10.2. The molecule has 78 valence electrons. The summed E-state index contributed by atoms with van der Waals surface area (Å²) in [5.74, 6) is 0. The molecule has 0 radical (unpaired) electrons.